The maximum Gasteiger partial charge on any atom is 0.242 e. The molecule has 2 saturated carbocycles. The summed E-state index contributed by atoms with van der Waals surface area (Å²) in [6.45, 7) is 0.614. The molecule has 0 atom stereocenters. The molecule has 0 unspecified atom stereocenters. The molecule has 0 aromatic heterocycles. The van der Waals surface area contributed by atoms with Gasteiger partial charge < -0.3 is 11.1 Å². The number of hydrogen-bond acceptors (Lipinski definition) is 4. The predicted octanol–water partition coefficient (Wildman–Crippen LogP) is 1.42. The largest absolute Gasteiger partial charge is 0.382 e. The van der Waals surface area contributed by atoms with Gasteiger partial charge in [0, 0.05) is 18.1 Å². The van der Waals surface area contributed by atoms with Crippen LogP contribution in [0.25, 0.3) is 0 Å². The van der Waals surface area contributed by atoms with Gasteiger partial charge in [-0.1, -0.05) is 12.1 Å². The predicted molar refractivity (Wildman–Crippen MR) is 79.0 cm³/mol. The van der Waals surface area contributed by atoms with E-state index in [9.17, 15) is 8.42 Å². The number of benzene rings is 1. The van der Waals surface area contributed by atoms with E-state index in [0.29, 0.717) is 17.1 Å². The van der Waals surface area contributed by atoms with Crippen LogP contribution >= 0.6 is 0 Å². The number of rotatable bonds is 6. The molecule has 2 aliphatic carbocycles. The molecule has 6 heteroatoms. The van der Waals surface area contributed by atoms with E-state index in [4.69, 9.17) is 5.73 Å². The third-order valence-corrected chi connectivity index (χ3v) is 5.63. The zero-order valence-electron chi connectivity index (χ0n) is 11.4. The van der Waals surface area contributed by atoms with E-state index in [0.717, 1.165) is 32.1 Å². The highest BCUT2D eigenvalue weighted by Gasteiger charge is 2.33. The Balaban J connectivity index is 1.76. The van der Waals surface area contributed by atoms with E-state index in [2.05, 4.69) is 10.0 Å². The van der Waals surface area contributed by atoms with Crippen molar-refractivity contribution in [3.8, 4) is 0 Å². The van der Waals surface area contributed by atoms with Gasteiger partial charge in [-0.3, -0.25) is 0 Å². The fourth-order valence-electron chi connectivity index (χ4n) is 2.41. The van der Waals surface area contributed by atoms with Crippen LogP contribution in [0.4, 0.5) is 5.69 Å². The van der Waals surface area contributed by atoms with Crippen molar-refractivity contribution in [2.75, 3.05) is 11.9 Å². The average molecular weight is 295 g/mol. The second-order valence-electron chi connectivity index (χ2n) is 5.96. The molecular formula is C14H21N3O2S. The summed E-state index contributed by atoms with van der Waals surface area (Å²) < 4.78 is 27.4. The third-order valence-electron chi connectivity index (χ3n) is 4.06. The lowest BCUT2D eigenvalue weighted by Gasteiger charge is -2.38. The Hall–Kier alpha value is -1.11. The zero-order valence-corrected chi connectivity index (χ0v) is 12.2. The summed E-state index contributed by atoms with van der Waals surface area (Å²) in [5.74, 6) is 0. The van der Waals surface area contributed by atoms with Gasteiger partial charge in [-0.05, 0) is 44.2 Å². The van der Waals surface area contributed by atoms with Crippen LogP contribution in [0, 0.1) is 0 Å². The molecule has 5 nitrogen and oxygen atoms in total. The molecule has 0 saturated heterocycles. The van der Waals surface area contributed by atoms with Gasteiger partial charge in [-0.15, -0.1) is 0 Å². The zero-order chi connectivity index (χ0) is 14.2. The smallest absolute Gasteiger partial charge is 0.242 e. The van der Waals surface area contributed by atoms with Crippen molar-refractivity contribution in [1.29, 1.82) is 0 Å². The number of para-hydroxylation sites is 1. The number of sulfonamides is 1. The summed E-state index contributed by atoms with van der Waals surface area (Å²) in [6, 6.07) is 7.12. The Bertz CT molecular complexity index is 592. The quantitative estimate of drug-likeness (QED) is 0.741. The molecule has 0 amide bonds. The lowest BCUT2D eigenvalue weighted by molar-refractivity contribution is 0.265. The molecule has 2 aliphatic rings. The molecule has 0 radical (unpaired) electrons. The molecule has 4 N–H and O–H groups in total. The monoisotopic (exact) mass is 295 g/mol. The van der Waals surface area contributed by atoms with Crippen molar-refractivity contribution in [3.63, 3.8) is 0 Å². The van der Waals surface area contributed by atoms with Gasteiger partial charge in [0.15, 0.2) is 0 Å². The van der Waals surface area contributed by atoms with Crippen molar-refractivity contribution in [2.45, 2.75) is 48.6 Å². The van der Waals surface area contributed by atoms with Gasteiger partial charge in [0.2, 0.25) is 10.0 Å². The number of nitrogens with two attached hydrogens (primary N) is 1. The summed E-state index contributed by atoms with van der Waals surface area (Å²) in [7, 11) is -3.44. The van der Waals surface area contributed by atoms with Crippen LogP contribution in [-0.2, 0) is 10.0 Å². The van der Waals surface area contributed by atoms with E-state index in [1.54, 1.807) is 18.2 Å². The Morgan fingerprint density at radius 3 is 2.55 bits per heavy atom. The minimum absolute atomic E-state index is 0.112. The van der Waals surface area contributed by atoms with Gasteiger partial charge in [0.05, 0.1) is 5.69 Å². The maximum atomic E-state index is 12.3. The van der Waals surface area contributed by atoms with Gasteiger partial charge in [-0.25, -0.2) is 13.1 Å². The fourth-order valence-corrected chi connectivity index (χ4v) is 3.90. The minimum Gasteiger partial charge on any atom is -0.382 e. The normalized spacial score (nSPS) is 21.2. The SMILES string of the molecule is NC1(CNc2ccccc2S(=O)(=O)NC2CC2)CCC1. The van der Waals surface area contributed by atoms with E-state index in [-0.39, 0.29) is 11.6 Å². The van der Waals surface area contributed by atoms with E-state index < -0.39 is 10.0 Å². The van der Waals surface area contributed by atoms with E-state index >= 15 is 0 Å². The first kappa shape index (κ1) is 13.9. The van der Waals surface area contributed by atoms with E-state index in [1.165, 1.54) is 0 Å². The van der Waals surface area contributed by atoms with Crippen molar-refractivity contribution >= 4 is 15.7 Å². The minimum atomic E-state index is -3.44. The third kappa shape index (κ3) is 2.97. The molecule has 0 spiro atoms. The highest BCUT2D eigenvalue weighted by Crippen LogP contribution is 2.31. The molecular weight excluding hydrogens is 274 g/mol. The molecule has 110 valence electrons. The first-order valence-corrected chi connectivity index (χ1v) is 8.61. The van der Waals surface area contributed by atoms with Crippen molar-refractivity contribution in [1.82, 2.24) is 4.72 Å². The molecule has 0 bridgehead atoms. The van der Waals surface area contributed by atoms with Crippen LogP contribution in [0.15, 0.2) is 29.2 Å². The van der Waals surface area contributed by atoms with Crippen LogP contribution < -0.4 is 15.8 Å². The van der Waals surface area contributed by atoms with Crippen LogP contribution in [0.2, 0.25) is 0 Å². The lowest BCUT2D eigenvalue weighted by atomic mass is 9.78. The average Bonchev–Trinajstić information content (AvgIpc) is 3.17. The standard InChI is InChI=1S/C14H21N3O2S/c15-14(8-3-9-14)10-16-12-4-1-2-5-13(12)20(18,19)17-11-6-7-11/h1-2,4-5,11,16-17H,3,6-10,15H2. The summed E-state index contributed by atoms with van der Waals surface area (Å²) in [5.41, 5.74) is 6.63. The highest BCUT2D eigenvalue weighted by atomic mass is 32.2. The summed E-state index contributed by atoms with van der Waals surface area (Å²) in [5, 5.41) is 3.21. The topological polar surface area (TPSA) is 84.2 Å². The van der Waals surface area contributed by atoms with Crippen molar-refractivity contribution in [2.24, 2.45) is 5.73 Å². The second kappa shape index (κ2) is 5.02. The van der Waals surface area contributed by atoms with Crippen LogP contribution in [0.3, 0.4) is 0 Å². The first-order chi connectivity index (χ1) is 9.49. The fraction of sp³-hybridized carbons (Fsp3) is 0.571. The number of anilines is 1. The van der Waals surface area contributed by atoms with Crippen LogP contribution in [-0.4, -0.2) is 26.5 Å². The Morgan fingerprint density at radius 2 is 1.95 bits per heavy atom. The number of nitrogens with one attached hydrogen (secondary N) is 2. The first-order valence-electron chi connectivity index (χ1n) is 7.13. The summed E-state index contributed by atoms with van der Waals surface area (Å²) >= 11 is 0. The van der Waals surface area contributed by atoms with Gasteiger partial charge in [-0.2, -0.15) is 0 Å². The molecule has 2 fully saturated rings. The van der Waals surface area contributed by atoms with Crippen LogP contribution in [0.5, 0.6) is 0 Å². The second-order valence-corrected chi connectivity index (χ2v) is 7.64. The molecule has 1 aromatic carbocycles. The van der Waals surface area contributed by atoms with Gasteiger partial charge in [0.1, 0.15) is 4.90 Å². The Labute approximate surface area is 120 Å². The van der Waals surface area contributed by atoms with Crippen molar-refractivity contribution < 1.29 is 8.42 Å². The number of hydrogen-bond donors (Lipinski definition) is 3. The van der Waals surface area contributed by atoms with Gasteiger partial charge >= 0.3 is 0 Å². The molecule has 0 aliphatic heterocycles. The molecule has 1 aromatic rings. The molecule has 20 heavy (non-hydrogen) atoms. The molecule has 0 heterocycles. The highest BCUT2D eigenvalue weighted by molar-refractivity contribution is 7.89. The van der Waals surface area contributed by atoms with Crippen molar-refractivity contribution in [3.05, 3.63) is 24.3 Å². The Kier molecular flexibility index (Phi) is 3.48. The van der Waals surface area contributed by atoms with Gasteiger partial charge in [0.25, 0.3) is 0 Å². The van der Waals surface area contributed by atoms with Crippen LogP contribution in [0.1, 0.15) is 32.1 Å². The van der Waals surface area contributed by atoms with E-state index in [1.807, 2.05) is 6.07 Å². The lowest BCUT2D eigenvalue weighted by Crippen LogP contribution is -2.52. The summed E-state index contributed by atoms with van der Waals surface area (Å²) in [4.78, 5) is 0.315. The molecule has 3 rings (SSSR count). The maximum absolute atomic E-state index is 12.3. The Morgan fingerprint density at radius 1 is 1.25 bits per heavy atom. The summed E-state index contributed by atoms with van der Waals surface area (Å²) in [6.07, 6.45) is 5.01.